The van der Waals surface area contributed by atoms with Crippen LogP contribution in [0, 0.1) is 0 Å². The van der Waals surface area contributed by atoms with Gasteiger partial charge in [-0.2, -0.15) is 0 Å². The molecule has 0 bridgehead atoms. The summed E-state index contributed by atoms with van der Waals surface area (Å²) in [5.74, 6) is 1.27. The topological polar surface area (TPSA) is 69.0 Å². The van der Waals surface area contributed by atoms with E-state index in [2.05, 4.69) is 152 Å². The molecule has 2 aliphatic heterocycles. The first-order valence-electron chi connectivity index (χ1n) is 19.2. The van der Waals surface area contributed by atoms with Crippen LogP contribution < -0.4 is 0 Å². The summed E-state index contributed by atoms with van der Waals surface area (Å²) in [6.45, 7) is 16.8. The molecular weight excluding hydrogens is 677 g/mol. The third kappa shape index (κ3) is 4.67. The van der Waals surface area contributed by atoms with Gasteiger partial charge in [-0.15, -0.1) is 0 Å². The van der Waals surface area contributed by atoms with E-state index in [1.54, 1.807) is 0 Å². The second-order valence-electron chi connectivity index (χ2n) is 17.5. The molecule has 0 amide bonds. The lowest BCUT2D eigenvalue weighted by molar-refractivity contribution is 0.0618. The molecule has 0 N–H and O–H groups in total. The van der Waals surface area contributed by atoms with Crippen molar-refractivity contribution < 1.29 is 9.47 Å². The molecule has 1 spiro atoms. The summed E-state index contributed by atoms with van der Waals surface area (Å²) in [4.78, 5) is 19.4. The minimum Gasteiger partial charge on any atom is -0.469 e. The Morgan fingerprint density at radius 1 is 0.382 bits per heavy atom. The van der Waals surface area contributed by atoms with Gasteiger partial charge in [0.25, 0.3) is 0 Å². The summed E-state index contributed by atoms with van der Waals surface area (Å²) < 4.78 is 12.8. The van der Waals surface area contributed by atoms with Crippen LogP contribution >= 0.6 is 0 Å². The van der Waals surface area contributed by atoms with Crippen molar-refractivity contribution in [1.29, 1.82) is 0 Å². The van der Waals surface area contributed by atoms with Crippen LogP contribution in [0.5, 0.6) is 0 Å². The fourth-order valence-electron chi connectivity index (χ4n) is 8.73. The summed E-state index contributed by atoms with van der Waals surface area (Å²) in [7, 11) is 0. The number of aliphatic imine (C=N–C) groups is 2. The maximum absolute atomic E-state index is 6.41. The van der Waals surface area contributed by atoms with Crippen molar-refractivity contribution in [2.45, 2.75) is 83.1 Å². The predicted molar refractivity (Wildman–Crippen MR) is 221 cm³/mol. The van der Waals surface area contributed by atoms with E-state index in [1.807, 2.05) is 24.8 Å². The molecular formula is C49H44N4O2. The van der Waals surface area contributed by atoms with E-state index >= 15 is 0 Å². The van der Waals surface area contributed by atoms with Gasteiger partial charge in [0.15, 0.2) is 0 Å². The van der Waals surface area contributed by atoms with Crippen LogP contribution in [0.1, 0.15) is 88.8 Å². The molecule has 2 aliphatic carbocycles. The Morgan fingerprint density at radius 3 is 1.16 bits per heavy atom. The lowest BCUT2D eigenvalue weighted by atomic mass is 9.70. The van der Waals surface area contributed by atoms with Gasteiger partial charge >= 0.3 is 0 Å². The molecule has 0 radical (unpaired) electrons. The molecule has 0 saturated heterocycles. The van der Waals surface area contributed by atoms with Crippen molar-refractivity contribution in [3.8, 4) is 44.5 Å². The molecule has 6 heteroatoms. The molecule has 10 rings (SSSR count). The second-order valence-corrected chi connectivity index (χ2v) is 17.5. The minimum atomic E-state index is -0.528. The third-order valence-electron chi connectivity index (χ3n) is 13.1. The molecule has 6 nitrogen and oxygen atoms in total. The normalized spacial score (nSPS) is 19.4. The standard InChI is InChI=1S/C49H44N4O2/c1-45(2)47(5,6)54-43(52-45)33-21-31(25-50-27-33)29-17-19-37-38-20-18-30(32-22-34(28-51-26-32)44-53-46(3,4)48(7,8)55-44)24-42(38)49(41(37)23-29)39-15-11-9-13-35(39)36-14-10-12-16-40(36)49/h9-28H,1-8H3. The van der Waals surface area contributed by atoms with E-state index in [1.165, 1.54) is 44.5 Å². The number of ether oxygens (including phenoxy) is 2. The maximum Gasteiger partial charge on any atom is 0.218 e. The number of nitrogens with zero attached hydrogens (tertiary/aromatic N) is 4. The molecule has 55 heavy (non-hydrogen) atoms. The maximum atomic E-state index is 6.41. The lowest BCUT2D eigenvalue weighted by Gasteiger charge is -2.31. The number of aromatic nitrogens is 2. The van der Waals surface area contributed by atoms with Gasteiger partial charge in [0.05, 0.1) is 27.6 Å². The highest BCUT2D eigenvalue weighted by molar-refractivity contribution is 6.00. The average molecular weight is 721 g/mol. The first-order valence-corrected chi connectivity index (χ1v) is 19.2. The quantitative estimate of drug-likeness (QED) is 0.181. The zero-order valence-corrected chi connectivity index (χ0v) is 32.7. The SMILES string of the molecule is CC1(C)N=C(c2cncc(-c3ccc4c(c3)C3(c5ccccc5-c5ccccc53)c3cc(-c5cncc(C6=NC(C)(C)C(C)(C)O6)c5)ccc3-4)c2)OC1(C)C. The zero-order chi connectivity index (χ0) is 38.1. The third-order valence-corrected chi connectivity index (χ3v) is 13.1. The zero-order valence-electron chi connectivity index (χ0n) is 32.7. The highest BCUT2D eigenvalue weighted by Crippen LogP contribution is 2.63. The first kappa shape index (κ1) is 33.7. The van der Waals surface area contributed by atoms with E-state index in [0.29, 0.717) is 11.8 Å². The lowest BCUT2D eigenvalue weighted by Crippen LogP contribution is -2.41. The van der Waals surface area contributed by atoms with Gasteiger partial charge in [0.1, 0.15) is 11.2 Å². The molecule has 0 saturated carbocycles. The number of benzene rings is 4. The number of pyridine rings is 2. The molecule has 4 aromatic carbocycles. The Labute approximate surface area is 323 Å². The van der Waals surface area contributed by atoms with Gasteiger partial charge < -0.3 is 9.47 Å². The molecule has 0 atom stereocenters. The summed E-state index contributed by atoms with van der Waals surface area (Å²) in [6.07, 6.45) is 7.60. The van der Waals surface area contributed by atoms with Gasteiger partial charge in [0.2, 0.25) is 11.8 Å². The Kier molecular flexibility index (Phi) is 6.79. The van der Waals surface area contributed by atoms with Crippen molar-refractivity contribution in [3.63, 3.8) is 0 Å². The first-order chi connectivity index (χ1) is 26.2. The van der Waals surface area contributed by atoms with Crippen molar-refractivity contribution in [2.24, 2.45) is 9.98 Å². The van der Waals surface area contributed by atoms with Crippen LogP contribution in [0.2, 0.25) is 0 Å². The Balaban J connectivity index is 1.15. The smallest absolute Gasteiger partial charge is 0.218 e. The van der Waals surface area contributed by atoms with E-state index in [0.717, 1.165) is 33.4 Å². The number of hydrogen-bond acceptors (Lipinski definition) is 6. The van der Waals surface area contributed by atoms with Gasteiger partial charge in [0, 0.05) is 35.9 Å². The monoisotopic (exact) mass is 720 g/mol. The summed E-state index contributed by atoms with van der Waals surface area (Å²) in [5.41, 5.74) is 14.0. The second kappa shape index (κ2) is 11.1. The fraction of sp³-hybridized carbons (Fsp3) is 0.265. The minimum absolute atomic E-state index is 0.351. The molecule has 272 valence electrons. The largest absolute Gasteiger partial charge is 0.469 e. The Hall–Kier alpha value is -5.88. The van der Waals surface area contributed by atoms with Crippen LogP contribution in [0.3, 0.4) is 0 Å². The Morgan fingerprint density at radius 2 is 0.764 bits per heavy atom. The highest BCUT2D eigenvalue weighted by Gasteiger charge is 2.52. The predicted octanol–water partition coefficient (Wildman–Crippen LogP) is 10.8. The number of rotatable bonds is 4. The van der Waals surface area contributed by atoms with Crippen LogP contribution in [-0.2, 0) is 14.9 Å². The molecule has 0 unspecified atom stereocenters. The van der Waals surface area contributed by atoms with Crippen LogP contribution in [0.25, 0.3) is 44.5 Å². The highest BCUT2D eigenvalue weighted by atomic mass is 16.5. The fourth-order valence-corrected chi connectivity index (χ4v) is 8.73. The molecule has 2 aromatic heterocycles. The van der Waals surface area contributed by atoms with E-state index < -0.39 is 16.6 Å². The summed E-state index contributed by atoms with van der Waals surface area (Å²) in [5, 5.41) is 0. The summed E-state index contributed by atoms with van der Waals surface area (Å²) in [6, 6.07) is 36.0. The van der Waals surface area contributed by atoms with E-state index in [-0.39, 0.29) is 11.1 Å². The number of hydrogen-bond donors (Lipinski definition) is 0. The van der Waals surface area contributed by atoms with Gasteiger partial charge in [-0.1, -0.05) is 72.8 Å². The Bertz CT molecular complexity index is 2500. The van der Waals surface area contributed by atoms with Crippen molar-refractivity contribution >= 4 is 11.8 Å². The van der Waals surface area contributed by atoms with Crippen molar-refractivity contribution in [1.82, 2.24) is 9.97 Å². The summed E-state index contributed by atoms with van der Waals surface area (Å²) >= 11 is 0. The average Bonchev–Trinajstić information content (AvgIpc) is 3.79. The number of fused-ring (bicyclic) bond motifs is 10. The van der Waals surface area contributed by atoms with Crippen LogP contribution in [0.4, 0.5) is 0 Å². The van der Waals surface area contributed by atoms with Gasteiger partial charge in [-0.3, -0.25) is 9.97 Å². The van der Waals surface area contributed by atoms with Crippen LogP contribution in [0.15, 0.2) is 132 Å². The van der Waals surface area contributed by atoms with Crippen molar-refractivity contribution in [3.05, 3.63) is 155 Å². The molecule has 0 fully saturated rings. The molecule has 6 aromatic rings. The van der Waals surface area contributed by atoms with Gasteiger partial charge in [-0.25, -0.2) is 9.98 Å². The van der Waals surface area contributed by atoms with Gasteiger partial charge in [-0.05, 0) is 135 Å². The van der Waals surface area contributed by atoms with Crippen molar-refractivity contribution in [2.75, 3.05) is 0 Å². The van der Waals surface area contributed by atoms with E-state index in [9.17, 15) is 0 Å². The van der Waals surface area contributed by atoms with Crippen LogP contribution in [-0.4, -0.2) is 44.0 Å². The van der Waals surface area contributed by atoms with E-state index in [4.69, 9.17) is 29.4 Å². The molecule has 4 heterocycles. The molecule has 4 aliphatic rings.